The molecule has 1 atom stereocenters. The van der Waals surface area contributed by atoms with Gasteiger partial charge in [-0.3, -0.25) is 4.79 Å². The zero-order valence-corrected chi connectivity index (χ0v) is 11.0. The van der Waals surface area contributed by atoms with E-state index in [2.05, 4.69) is 17.1 Å². The molecule has 0 fully saturated rings. The highest BCUT2D eigenvalue weighted by atomic mass is 32.1. The zero-order chi connectivity index (χ0) is 12.3. The van der Waals surface area contributed by atoms with E-state index < -0.39 is 0 Å². The first-order valence-corrected chi connectivity index (χ1v) is 6.73. The molecule has 17 heavy (non-hydrogen) atoms. The molecule has 92 valence electrons. The maximum absolute atomic E-state index is 11.8. The normalized spacial score (nSPS) is 19.3. The Hall–Kier alpha value is -1.16. The second-order valence-corrected chi connectivity index (χ2v) is 5.63. The standard InChI is InChI=1S/C13H17NO2S/c1-9-10(2)17-12(14-9)8-16-13(15)11-6-4-3-5-7-11/h3-4,11H,5-8H2,1-2H3. The van der Waals surface area contributed by atoms with E-state index in [4.69, 9.17) is 4.74 Å². The average molecular weight is 251 g/mol. The predicted octanol–water partition coefficient (Wildman–Crippen LogP) is 3.16. The first-order chi connectivity index (χ1) is 8.16. The molecule has 0 N–H and O–H groups in total. The monoisotopic (exact) mass is 251 g/mol. The number of thiazole rings is 1. The van der Waals surface area contributed by atoms with E-state index in [9.17, 15) is 4.79 Å². The number of hydrogen-bond acceptors (Lipinski definition) is 4. The summed E-state index contributed by atoms with van der Waals surface area (Å²) >= 11 is 1.60. The first-order valence-electron chi connectivity index (χ1n) is 5.91. The molecule has 0 radical (unpaired) electrons. The molecule has 0 spiro atoms. The summed E-state index contributed by atoms with van der Waals surface area (Å²) in [4.78, 5) is 17.3. The van der Waals surface area contributed by atoms with E-state index in [0.717, 1.165) is 30.0 Å². The Bertz CT molecular complexity index is 417. The van der Waals surface area contributed by atoms with Crippen molar-refractivity contribution in [3.05, 3.63) is 27.7 Å². The van der Waals surface area contributed by atoms with E-state index in [-0.39, 0.29) is 11.9 Å². The summed E-state index contributed by atoms with van der Waals surface area (Å²) in [7, 11) is 0. The van der Waals surface area contributed by atoms with Gasteiger partial charge >= 0.3 is 5.97 Å². The molecule has 0 bridgehead atoms. The van der Waals surface area contributed by atoms with Gasteiger partial charge in [-0.15, -0.1) is 11.3 Å². The van der Waals surface area contributed by atoms with Gasteiger partial charge in [0, 0.05) is 4.88 Å². The minimum Gasteiger partial charge on any atom is -0.458 e. The van der Waals surface area contributed by atoms with Crippen LogP contribution in [0.1, 0.15) is 34.8 Å². The van der Waals surface area contributed by atoms with Gasteiger partial charge < -0.3 is 4.74 Å². The van der Waals surface area contributed by atoms with Crippen molar-refractivity contribution in [2.75, 3.05) is 0 Å². The zero-order valence-electron chi connectivity index (χ0n) is 10.2. The van der Waals surface area contributed by atoms with E-state index in [1.54, 1.807) is 11.3 Å². The molecule has 0 saturated carbocycles. The number of carbonyl (C=O) groups excluding carboxylic acids is 1. The molecule has 2 rings (SSSR count). The summed E-state index contributed by atoms with van der Waals surface area (Å²) < 4.78 is 5.31. The van der Waals surface area contributed by atoms with Gasteiger partial charge in [0.1, 0.15) is 11.6 Å². The van der Waals surface area contributed by atoms with Crippen molar-refractivity contribution in [3.63, 3.8) is 0 Å². The third-order valence-electron chi connectivity index (χ3n) is 3.01. The van der Waals surface area contributed by atoms with E-state index in [0.29, 0.717) is 6.61 Å². The van der Waals surface area contributed by atoms with Gasteiger partial charge in [-0.2, -0.15) is 0 Å². The summed E-state index contributed by atoms with van der Waals surface area (Å²) in [6.07, 6.45) is 6.89. The number of aromatic nitrogens is 1. The number of carbonyl (C=O) groups is 1. The number of rotatable bonds is 3. The van der Waals surface area contributed by atoms with Crippen molar-refractivity contribution in [2.45, 2.75) is 39.7 Å². The molecule has 1 aliphatic carbocycles. The number of nitrogens with zero attached hydrogens (tertiary/aromatic N) is 1. The van der Waals surface area contributed by atoms with Gasteiger partial charge in [0.05, 0.1) is 11.6 Å². The summed E-state index contributed by atoms with van der Waals surface area (Å²) in [5.41, 5.74) is 1.03. The largest absolute Gasteiger partial charge is 0.458 e. The number of aryl methyl sites for hydroxylation is 2. The van der Waals surface area contributed by atoms with Crippen LogP contribution in [0.4, 0.5) is 0 Å². The molecule has 0 amide bonds. The maximum Gasteiger partial charge on any atom is 0.309 e. The van der Waals surface area contributed by atoms with Gasteiger partial charge in [0.25, 0.3) is 0 Å². The number of ether oxygens (including phenoxy) is 1. The molecule has 0 aliphatic heterocycles. The molecule has 0 aromatic carbocycles. The third-order valence-corrected chi connectivity index (χ3v) is 4.06. The van der Waals surface area contributed by atoms with Crippen molar-refractivity contribution in [1.82, 2.24) is 4.98 Å². The summed E-state index contributed by atoms with van der Waals surface area (Å²) in [6, 6.07) is 0. The van der Waals surface area contributed by atoms with Crippen molar-refractivity contribution < 1.29 is 9.53 Å². The highest BCUT2D eigenvalue weighted by Gasteiger charge is 2.20. The van der Waals surface area contributed by atoms with Gasteiger partial charge in [-0.1, -0.05) is 12.2 Å². The van der Waals surface area contributed by atoms with Crippen LogP contribution in [0.3, 0.4) is 0 Å². The molecule has 3 nitrogen and oxygen atoms in total. The van der Waals surface area contributed by atoms with E-state index in [1.807, 2.05) is 13.8 Å². The van der Waals surface area contributed by atoms with Crippen LogP contribution in [0, 0.1) is 19.8 Å². The average Bonchev–Trinajstić information content (AvgIpc) is 2.67. The molecular formula is C13H17NO2S. The molecule has 1 aromatic heterocycles. The minimum absolute atomic E-state index is 0.0437. The minimum atomic E-state index is -0.0835. The SMILES string of the molecule is Cc1nc(COC(=O)C2CC=CCC2)sc1C. The predicted molar refractivity (Wildman–Crippen MR) is 67.9 cm³/mol. The Morgan fingerprint density at radius 3 is 2.94 bits per heavy atom. The summed E-state index contributed by atoms with van der Waals surface area (Å²) in [5, 5.41) is 0.889. The topological polar surface area (TPSA) is 39.2 Å². The van der Waals surface area contributed by atoms with E-state index in [1.165, 1.54) is 4.88 Å². The Kier molecular flexibility index (Phi) is 3.94. The van der Waals surface area contributed by atoms with Crippen molar-refractivity contribution in [1.29, 1.82) is 0 Å². The van der Waals surface area contributed by atoms with E-state index >= 15 is 0 Å². The quantitative estimate of drug-likeness (QED) is 0.612. The van der Waals surface area contributed by atoms with Gasteiger partial charge in [-0.05, 0) is 33.1 Å². The first kappa shape index (κ1) is 12.3. The molecule has 1 unspecified atom stereocenters. The second kappa shape index (κ2) is 5.45. The fraction of sp³-hybridized carbons (Fsp3) is 0.538. The molecule has 0 saturated heterocycles. The second-order valence-electron chi connectivity index (χ2n) is 4.34. The van der Waals surface area contributed by atoms with Crippen molar-refractivity contribution >= 4 is 17.3 Å². The fourth-order valence-corrected chi connectivity index (χ4v) is 2.71. The Labute approximate surface area is 106 Å². The van der Waals surface area contributed by atoms with Crippen LogP contribution < -0.4 is 0 Å². The lowest BCUT2D eigenvalue weighted by molar-refractivity contribution is -0.150. The summed E-state index contributed by atoms with van der Waals surface area (Å²) in [5.74, 6) is -0.0398. The van der Waals surface area contributed by atoms with Crippen molar-refractivity contribution in [2.24, 2.45) is 5.92 Å². The molecular weight excluding hydrogens is 234 g/mol. The van der Waals surface area contributed by atoms with Crippen LogP contribution in [0.5, 0.6) is 0 Å². The molecule has 1 aromatic rings. The lowest BCUT2D eigenvalue weighted by Gasteiger charge is -2.15. The highest BCUT2D eigenvalue weighted by Crippen LogP contribution is 2.21. The Morgan fingerprint density at radius 1 is 1.53 bits per heavy atom. The third kappa shape index (κ3) is 3.16. The van der Waals surface area contributed by atoms with Gasteiger partial charge in [0.15, 0.2) is 0 Å². The Balaban J connectivity index is 1.85. The smallest absolute Gasteiger partial charge is 0.309 e. The lowest BCUT2D eigenvalue weighted by Crippen LogP contribution is -2.18. The van der Waals surface area contributed by atoms with Crippen LogP contribution in [0.25, 0.3) is 0 Å². The van der Waals surface area contributed by atoms with Crippen LogP contribution in [0.15, 0.2) is 12.2 Å². The number of esters is 1. The number of hydrogen-bond donors (Lipinski definition) is 0. The molecule has 4 heteroatoms. The summed E-state index contributed by atoms with van der Waals surface area (Å²) in [6.45, 7) is 4.33. The number of allylic oxidation sites excluding steroid dienone is 2. The van der Waals surface area contributed by atoms with Gasteiger partial charge in [-0.25, -0.2) is 4.98 Å². The molecule has 1 aliphatic rings. The van der Waals surface area contributed by atoms with Crippen LogP contribution in [-0.4, -0.2) is 11.0 Å². The highest BCUT2D eigenvalue weighted by molar-refractivity contribution is 7.11. The fourth-order valence-electron chi connectivity index (χ4n) is 1.86. The van der Waals surface area contributed by atoms with Crippen LogP contribution in [-0.2, 0) is 16.1 Å². The Morgan fingerprint density at radius 2 is 2.35 bits per heavy atom. The maximum atomic E-state index is 11.8. The lowest BCUT2D eigenvalue weighted by atomic mass is 9.95. The van der Waals surface area contributed by atoms with Crippen LogP contribution in [0.2, 0.25) is 0 Å². The van der Waals surface area contributed by atoms with Crippen LogP contribution >= 0.6 is 11.3 Å². The van der Waals surface area contributed by atoms with Gasteiger partial charge in [0.2, 0.25) is 0 Å². The van der Waals surface area contributed by atoms with Crippen molar-refractivity contribution in [3.8, 4) is 0 Å². The molecule has 1 heterocycles.